The molecule has 1 aliphatic heterocycles. The maximum absolute atomic E-state index is 8.96. The fourth-order valence-electron chi connectivity index (χ4n) is 1.42. The number of rotatable bonds is 9. The number of aliphatic hydroxyl groups is 1. The lowest BCUT2D eigenvalue weighted by Crippen LogP contribution is -2.35. The van der Waals surface area contributed by atoms with Crippen molar-refractivity contribution < 1.29 is 9.84 Å². The van der Waals surface area contributed by atoms with Gasteiger partial charge in [0.15, 0.2) is 6.29 Å². The van der Waals surface area contributed by atoms with Crippen LogP contribution in [0.3, 0.4) is 0 Å². The van der Waals surface area contributed by atoms with E-state index in [-0.39, 0.29) is 12.1 Å². The van der Waals surface area contributed by atoms with Crippen LogP contribution < -0.4 is 21.7 Å². The highest BCUT2D eigenvalue weighted by molar-refractivity contribution is 4.85. The van der Waals surface area contributed by atoms with Gasteiger partial charge in [0.1, 0.15) is 6.10 Å². The lowest BCUT2D eigenvalue weighted by atomic mass is 10.1. The first-order chi connectivity index (χ1) is 7.25. The molecule has 0 aliphatic carbocycles. The van der Waals surface area contributed by atoms with Crippen molar-refractivity contribution in [2.45, 2.75) is 31.3 Å². The van der Waals surface area contributed by atoms with Crippen molar-refractivity contribution in [3.8, 4) is 0 Å². The summed E-state index contributed by atoms with van der Waals surface area (Å²) in [6, 6.07) is -0.0351. The van der Waals surface area contributed by atoms with E-state index in [2.05, 4.69) is 16.0 Å². The average Bonchev–Trinajstić information content (AvgIpc) is 2.94. The summed E-state index contributed by atoms with van der Waals surface area (Å²) in [5, 5.41) is 18.3. The summed E-state index contributed by atoms with van der Waals surface area (Å²) in [6.07, 6.45) is 1.12. The highest BCUT2D eigenvalue weighted by Gasteiger charge is 2.41. The summed E-state index contributed by atoms with van der Waals surface area (Å²) in [6.45, 7) is 2.51. The summed E-state index contributed by atoms with van der Waals surface area (Å²) in [5.41, 5.74) is 5.79. The Bertz CT molecular complexity index is 170. The number of epoxide rings is 1. The van der Waals surface area contributed by atoms with Crippen molar-refractivity contribution in [2.24, 2.45) is 5.73 Å². The molecule has 0 aromatic heterocycles. The van der Waals surface area contributed by atoms with Crippen molar-refractivity contribution in [2.75, 3.05) is 26.9 Å². The first kappa shape index (κ1) is 12.8. The van der Waals surface area contributed by atoms with Crippen molar-refractivity contribution >= 4 is 0 Å². The molecule has 1 saturated heterocycles. The highest BCUT2D eigenvalue weighted by Crippen LogP contribution is 2.23. The van der Waals surface area contributed by atoms with Crippen LogP contribution in [0.4, 0.5) is 0 Å². The molecular formula is C9H22N4O2. The largest absolute Gasteiger partial charge is 0.366 e. The van der Waals surface area contributed by atoms with Crippen LogP contribution in [0.15, 0.2) is 0 Å². The molecule has 0 saturated carbocycles. The summed E-state index contributed by atoms with van der Waals surface area (Å²) in [4.78, 5) is 0. The Kier molecular flexibility index (Phi) is 6.07. The molecule has 0 aromatic rings. The Morgan fingerprint density at radius 1 is 1.40 bits per heavy atom. The fraction of sp³-hybridized carbons (Fsp3) is 1.00. The van der Waals surface area contributed by atoms with Gasteiger partial charge in [-0.25, -0.2) is 0 Å². The van der Waals surface area contributed by atoms with Gasteiger partial charge in [0, 0.05) is 19.4 Å². The number of hydrogen-bond acceptors (Lipinski definition) is 6. The molecule has 0 radical (unpaired) electrons. The third-order valence-corrected chi connectivity index (χ3v) is 2.37. The molecule has 1 heterocycles. The first-order valence-corrected chi connectivity index (χ1v) is 5.41. The Balaban J connectivity index is 1.80. The second-order valence-corrected chi connectivity index (χ2v) is 3.75. The molecule has 3 atom stereocenters. The molecule has 2 unspecified atom stereocenters. The molecule has 0 bridgehead atoms. The minimum absolute atomic E-state index is 0.0351. The molecule has 6 nitrogen and oxygen atoms in total. The lowest BCUT2D eigenvalue weighted by molar-refractivity contribution is 0.155. The van der Waals surface area contributed by atoms with E-state index >= 15 is 0 Å². The fourth-order valence-corrected chi connectivity index (χ4v) is 1.42. The van der Waals surface area contributed by atoms with Gasteiger partial charge in [0.25, 0.3) is 0 Å². The Hall–Kier alpha value is -0.240. The van der Waals surface area contributed by atoms with E-state index in [0.29, 0.717) is 0 Å². The zero-order chi connectivity index (χ0) is 11.1. The van der Waals surface area contributed by atoms with E-state index < -0.39 is 6.29 Å². The minimum Gasteiger partial charge on any atom is -0.366 e. The highest BCUT2D eigenvalue weighted by atomic mass is 16.7. The molecule has 0 aromatic carbocycles. The smallest absolute Gasteiger partial charge is 0.183 e. The van der Waals surface area contributed by atoms with Gasteiger partial charge >= 0.3 is 0 Å². The van der Waals surface area contributed by atoms with Gasteiger partial charge in [0.05, 0.1) is 0 Å². The Morgan fingerprint density at radius 2 is 2.13 bits per heavy atom. The lowest BCUT2D eigenvalue weighted by Gasteiger charge is -2.09. The van der Waals surface area contributed by atoms with Gasteiger partial charge in [-0.1, -0.05) is 0 Å². The van der Waals surface area contributed by atoms with Gasteiger partial charge in [0.2, 0.25) is 0 Å². The van der Waals surface area contributed by atoms with Gasteiger partial charge < -0.3 is 26.2 Å². The molecule has 1 aliphatic rings. The van der Waals surface area contributed by atoms with Crippen LogP contribution in [0, 0.1) is 0 Å². The average molecular weight is 218 g/mol. The minimum atomic E-state index is -0.620. The van der Waals surface area contributed by atoms with Crippen LogP contribution >= 0.6 is 0 Å². The number of aliphatic hydroxyl groups excluding tert-OH is 1. The van der Waals surface area contributed by atoms with Gasteiger partial charge in [-0.15, -0.1) is 0 Å². The summed E-state index contributed by atoms with van der Waals surface area (Å²) in [7, 11) is 1.90. The molecule has 0 amide bonds. The third-order valence-electron chi connectivity index (χ3n) is 2.37. The second-order valence-electron chi connectivity index (χ2n) is 3.75. The van der Waals surface area contributed by atoms with E-state index in [1.807, 2.05) is 7.05 Å². The number of nitrogens with one attached hydrogen (secondary N) is 3. The maximum Gasteiger partial charge on any atom is 0.183 e. The molecule has 6 N–H and O–H groups in total. The van der Waals surface area contributed by atoms with Crippen LogP contribution in [-0.2, 0) is 4.74 Å². The van der Waals surface area contributed by atoms with E-state index in [4.69, 9.17) is 15.6 Å². The zero-order valence-electron chi connectivity index (χ0n) is 9.20. The van der Waals surface area contributed by atoms with Crippen molar-refractivity contribution in [1.82, 2.24) is 16.0 Å². The van der Waals surface area contributed by atoms with Crippen LogP contribution in [0.1, 0.15) is 12.8 Å². The standard InChI is InChI=1S/C9H22N4O2/c1-11-5-13-6-12-4-2-3-7(10)8-9(14)15-8/h7-9,11-14H,2-6,10H2,1H3/t7-,8?,9?/m0/s1. The van der Waals surface area contributed by atoms with E-state index in [9.17, 15) is 0 Å². The van der Waals surface area contributed by atoms with Gasteiger partial charge in [-0.2, -0.15) is 0 Å². The Morgan fingerprint density at radius 3 is 2.73 bits per heavy atom. The molecule has 0 spiro atoms. The topological polar surface area (TPSA) is 94.9 Å². The molecule has 15 heavy (non-hydrogen) atoms. The normalized spacial score (nSPS) is 26.6. The van der Waals surface area contributed by atoms with E-state index in [1.165, 1.54) is 0 Å². The van der Waals surface area contributed by atoms with Crippen LogP contribution in [0.5, 0.6) is 0 Å². The van der Waals surface area contributed by atoms with Crippen LogP contribution in [-0.4, -0.2) is 50.5 Å². The van der Waals surface area contributed by atoms with Crippen molar-refractivity contribution in [3.05, 3.63) is 0 Å². The van der Waals surface area contributed by atoms with Crippen LogP contribution in [0.2, 0.25) is 0 Å². The zero-order valence-corrected chi connectivity index (χ0v) is 9.20. The monoisotopic (exact) mass is 218 g/mol. The quantitative estimate of drug-likeness (QED) is 0.177. The molecular weight excluding hydrogens is 196 g/mol. The molecule has 90 valence electrons. The number of nitrogens with two attached hydrogens (primary N) is 1. The maximum atomic E-state index is 8.96. The molecule has 6 heteroatoms. The second kappa shape index (κ2) is 7.10. The number of ether oxygens (including phenoxy) is 1. The van der Waals surface area contributed by atoms with E-state index in [0.717, 1.165) is 32.7 Å². The Labute approximate surface area is 90.6 Å². The predicted molar refractivity (Wildman–Crippen MR) is 58.0 cm³/mol. The summed E-state index contributed by atoms with van der Waals surface area (Å²) < 4.78 is 4.88. The van der Waals surface area contributed by atoms with Crippen LogP contribution in [0.25, 0.3) is 0 Å². The third kappa shape index (κ3) is 5.41. The molecule has 1 rings (SSSR count). The van der Waals surface area contributed by atoms with E-state index in [1.54, 1.807) is 0 Å². The van der Waals surface area contributed by atoms with Crippen molar-refractivity contribution in [3.63, 3.8) is 0 Å². The summed E-state index contributed by atoms with van der Waals surface area (Å²) >= 11 is 0. The summed E-state index contributed by atoms with van der Waals surface area (Å²) in [5.74, 6) is 0. The predicted octanol–water partition coefficient (Wildman–Crippen LogP) is -1.88. The van der Waals surface area contributed by atoms with Gasteiger partial charge in [-0.3, -0.25) is 5.32 Å². The molecule has 1 fully saturated rings. The first-order valence-electron chi connectivity index (χ1n) is 5.41. The van der Waals surface area contributed by atoms with Crippen molar-refractivity contribution in [1.29, 1.82) is 0 Å². The SMILES string of the molecule is CNCNCNCCC[C@H](N)C1OC1O. The van der Waals surface area contributed by atoms with Gasteiger partial charge in [-0.05, 0) is 26.4 Å². The number of hydrogen-bond donors (Lipinski definition) is 5.